The summed E-state index contributed by atoms with van der Waals surface area (Å²) in [5.74, 6) is -2.12. The van der Waals surface area contributed by atoms with Gasteiger partial charge in [0.05, 0.1) is 0 Å². The molecule has 0 aliphatic rings. The minimum atomic E-state index is -0.833. The molecule has 2 N–H and O–H groups in total. The summed E-state index contributed by atoms with van der Waals surface area (Å²) in [6.45, 7) is 4.97. The van der Waals surface area contributed by atoms with E-state index in [1.165, 1.54) is 13.8 Å². The molecular formula is C15H20O9. The summed E-state index contributed by atoms with van der Waals surface area (Å²) in [6, 6.07) is 6.65. The molecule has 134 valence electrons. The lowest BCUT2D eigenvalue weighted by atomic mass is 10.2. The summed E-state index contributed by atoms with van der Waals surface area (Å²) in [5, 5.41) is 14.8. The van der Waals surface area contributed by atoms with Gasteiger partial charge in [0.25, 0.3) is 11.9 Å². The number of ether oxygens (including phenoxy) is 1. The van der Waals surface area contributed by atoms with Gasteiger partial charge < -0.3 is 14.9 Å². The van der Waals surface area contributed by atoms with E-state index in [2.05, 4.69) is 4.89 Å². The van der Waals surface area contributed by atoms with Crippen LogP contribution in [0.5, 0.6) is 5.75 Å². The van der Waals surface area contributed by atoms with Crippen LogP contribution < -0.4 is 4.89 Å². The molecule has 0 spiro atoms. The Labute approximate surface area is 138 Å². The van der Waals surface area contributed by atoms with Crippen LogP contribution in [0.15, 0.2) is 24.3 Å². The van der Waals surface area contributed by atoms with Crippen LogP contribution in [0.3, 0.4) is 0 Å². The van der Waals surface area contributed by atoms with Crippen molar-refractivity contribution in [2.45, 2.75) is 34.3 Å². The summed E-state index contributed by atoms with van der Waals surface area (Å²) in [4.78, 5) is 48.0. The van der Waals surface area contributed by atoms with E-state index in [1.54, 1.807) is 24.3 Å². The van der Waals surface area contributed by atoms with Gasteiger partial charge in [0.15, 0.2) is 5.75 Å². The van der Waals surface area contributed by atoms with Gasteiger partial charge in [-0.2, -0.15) is 0 Å². The summed E-state index contributed by atoms with van der Waals surface area (Å²) < 4.78 is 4.80. The molecule has 1 aromatic rings. The zero-order chi connectivity index (χ0) is 19.1. The molecule has 1 aromatic carbocycles. The number of carbonyl (C=O) groups is 4. The summed E-state index contributed by atoms with van der Waals surface area (Å²) in [5.41, 5.74) is 0.824. The van der Waals surface area contributed by atoms with Crippen LogP contribution in [0.4, 0.5) is 0 Å². The van der Waals surface area contributed by atoms with Crippen molar-refractivity contribution in [2.24, 2.45) is 0 Å². The van der Waals surface area contributed by atoms with Crippen LogP contribution in [0.1, 0.15) is 33.3 Å². The van der Waals surface area contributed by atoms with Crippen molar-refractivity contribution in [1.29, 1.82) is 0 Å². The molecule has 9 nitrogen and oxygen atoms in total. The van der Waals surface area contributed by atoms with Crippen LogP contribution in [-0.2, 0) is 35.4 Å². The third kappa shape index (κ3) is 21.2. The SMILES string of the molecule is CC(=O)O.CC(=O)O.CC(=O)OCc1ccc(OOC(C)=O)cc1. The molecule has 0 aromatic heterocycles. The number of carbonyl (C=O) groups excluding carboxylic acids is 2. The van der Waals surface area contributed by atoms with Crippen molar-refractivity contribution in [2.75, 3.05) is 0 Å². The summed E-state index contributed by atoms with van der Waals surface area (Å²) in [6.07, 6.45) is 0. The molecule has 1 rings (SSSR count). The van der Waals surface area contributed by atoms with Gasteiger partial charge in [0.2, 0.25) is 0 Å². The lowest BCUT2D eigenvalue weighted by molar-refractivity contribution is -0.210. The predicted molar refractivity (Wildman–Crippen MR) is 80.9 cm³/mol. The van der Waals surface area contributed by atoms with Gasteiger partial charge in [0.1, 0.15) is 6.61 Å². The van der Waals surface area contributed by atoms with Crippen molar-refractivity contribution in [3.63, 3.8) is 0 Å². The third-order valence-corrected chi connectivity index (χ3v) is 1.62. The summed E-state index contributed by atoms with van der Waals surface area (Å²) >= 11 is 0. The maximum absolute atomic E-state index is 10.6. The first-order valence-electron chi connectivity index (χ1n) is 6.51. The number of benzene rings is 1. The van der Waals surface area contributed by atoms with E-state index in [-0.39, 0.29) is 12.6 Å². The second-order valence-electron chi connectivity index (χ2n) is 4.12. The number of esters is 1. The number of hydrogen-bond donors (Lipinski definition) is 2. The number of hydrogen-bond acceptors (Lipinski definition) is 7. The summed E-state index contributed by atoms with van der Waals surface area (Å²) in [7, 11) is 0. The first kappa shape index (κ1) is 23.2. The Bertz CT molecular complexity index is 477. The van der Waals surface area contributed by atoms with Crippen molar-refractivity contribution in [3.8, 4) is 5.75 Å². The Balaban J connectivity index is 0. The monoisotopic (exact) mass is 344 g/mol. The van der Waals surface area contributed by atoms with Gasteiger partial charge in [-0.25, -0.2) is 4.79 Å². The number of carboxylic acids is 2. The molecule has 0 bridgehead atoms. The Kier molecular flexibility index (Phi) is 13.1. The predicted octanol–water partition coefficient (Wildman–Crippen LogP) is 1.79. The van der Waals surface area contributed by atoms with Gasteiger partial charge in [0, 0.05) is 27.7 Å². The van der Waals surface area contributed by atoms with E-state index in [0.29, 0.717) is 5.75 Å². The smallest absolute Gasteiger partial charge is 0.352 e. The third-order valence-electron chi connectivity index (χ3n) is 1.62. The van der Waals surface area contributed by atoms with Gasteiger partial charge in [-0.1, -0.05) is 12.1 Å². The van der Waals surface area contributed by atoms with Crippen LogP contribution in [0.2, 0.25) is 0 Å². The maximum atomic E-state index is 10.6. The van der Waals surface area contributed by atoms with Crippen LogP contribution in [-0.4, -0.2) is 34.1 Å². The highest BCUT2D eigenvalue weighted by Crippen LogP contribution is 2.13. The fraction of sp³-hybridized carbons (Fsp3) is 0.333. The maximum Gasteiger partial charge on any atom is 0.352 e. The van der Waals surface area contributed by atoms with Crippen molar-refractivity contribution in [3.05, 3.63) is 29.8 Å². The minimum absolute atomic E-state index is 0.211. The highest BCUT2D eigenvalue weighted by atomic mass is 17.2. The molecule has 0 atom stereocenters. The average molecular weight is 344 g/mol. The standard InChI is InChI=1S/C11H12O5.2C2H4O2/c1-8(12)14-7-10-3-5-11(6-4-10)16-15-9(2)13;2*1-2(3)4/h3-6H,7H2,1-2H3;2*1H3,(H,3,4). The van der Waals surface area contributed by atoms with Crippen LogP contribution >= 0.6 is 0 Å². The Morgan fingerprint density at radius 1 is 0.833 bits per heavy atom. The topological polar surface area (TPSA) is 136 Å². The molecular weight excluding hydrogens is 324 g/mol. The zero-order valence-electron chi connectivity index (χ0n) is 13.8. The Hall–Kier alpha value is -3.10. The fourth-order valence-electron chi connectivity index (χ4n) is 0.933. The largest absolute Gasteiger partial charge is 0.481 e. The fourth-order valence-corrected chi connectivity index (χ4v) is 0.933. The first-order valence-corrected chi connectivity index (χ1v) is 6.51. The molecule has 0 heterocycles. The Morgan fingerprint density at radius 2 is 1.25 bits per heavy atom. The van der Waals surface area contributed by atoms with Gasteiger partial charge in [-0.3, -0.25) is 24.2 Å². The van der Waals surface area contributed by atoms with Gasteiger partial charge >= 0.3 is 11.9 Å². The van der Waals surface area contributed by atoms with Crippen LogP contribution in [0, 0.1) is 0 Å². The van der Waals surface area contributed by atoms with E-state index < -0.39 is 17.9 Å². The van der Waals surface area contributed by atoms with E-state index in [4.69, 9.17) is 29.4 Å². The van der Waals surface area contributed by atoms with Crippen molar-refractivity contribution >= 4 is 23.9 Å². The van der Waals surface area contributed by atoms with Crippen LogP contribution in [0.25, 0.3) is 0 Å². The van der Waals surface area contributed by atoms with E-state index in [1.807, 2.05) is 0 Å². The molecule has 0 radical (unpaired) electrons. The lowest BCUT2D eigenvalue weighted by Crippen LogP contribution is -2.03. The quantitative estimate of drug-likeness (QED) is 0.475. The first-order chi connectivity index (χ1) is 11.0. The number of aliphatic carboxylic acids is 2. The van der Waals surface area contributed by atoms with Gasteiger partial charge in [-0.05, 0) is 17.7 Å². The molecule has 9 heteroatoms. The second kappa shape index (κ2) is 13.6. The molecule has 0 aliphatic carbocycles. The van der Waals surface area contributed by atoms with E-state index in [0.717, 1.165) is 19.4 Å². The minimum Gasteiger partial charge on any atom is -0.481 e. The molecule has 0 saturated carbocycles. The molecule has 0 saturated heterocycles. The van der Waals surface area contributed by atoms with Gasteiger partial charge in [-0.15, -0.1) is 0 Å². The normalized spacial score (nSPS) is 8.33. The molecule has 0 amide bonds. The average Bonchev–Trinajstić information content (AvgIpc) is 2.42. The van der Waals surface area contributed by atoms with E-state index in [9.17, 15) is 9.59 Å². The molecule has 0 aliphatic heterocycles. The Morgan fingerprint density at radius 3 is 1.58 bits per heavy atom. The lowest BCUT2D eigenvalue weighted by Gasteiger charge is -2.04. The van der Waals surface area contributed by atoms with E-state index >= 15 is 0 Å². The number of rotatable bonds is 4. The van der Waals surface area contributed by atoms with Crippen molar-refractivity contribution < 1.29 is 43.9 Å². The second-order valence-corrected chi connectivity index (χ2v) is 4.12. The number of carboxylic acid groups (broad SMARTS) is 2. The highest BCUT2D eigenvalue weighted by Gasteiger charge is 2.00. The zero-order valence-corrected chi connectivity index (χ0v) is 13.8. The highest BCUT2D eigenvalue weighted by molar-refractivity contribution is 5.66. The molecule has 0 fully saturated rings. The molecule has 0 unspecified atom stereocenters. The molecule has 24 heavy (non-hydrogen) atoms. The van der Waals surface area contributed by atoms with Crippen molar-refractivity contribution in [1.82, 2.24) is 0 Å².